The van der Waals surface area contributed by atoms with Crippen LogP contribution in [0.5, 0.6) is 0 Å². The van der Waals surface area contributed by atoms with Gasteiger partial charge < -0.3 is 0 Å². The second-order valence-corrected chi connectivity index (χ2v) is 11.3. The molecule has 0 spiro atoms. The van der Waals surface area contributed by atoms with Gasteiger partial charge in [0.2, 0.25) is 0 Å². The second kappa shape index (κ2) is 10.6. The molecule has 6 heteroatoms. The molecule has 214 valence electrons. The molecule has 4 aromatic carbocycles. The monoisotopic (exact) mass is 588 g/mol. The molecule has 0 fully saturated rings. The molecule has 0 unspecified atom stereocenters. The molecule has 0 saturated carbocycles. The molecule has 6 nitrogen and oxygen atoms in total. The fourth-order valence-electron chi connectivity index (χ4n) is 6.01. The van der Waals surface area contributed by atoms with Crippen molar-refractivity contribution in [2.24, 2.45) is 0 Å². The minimum absolute atomic E-state index is 0.619. The highest BCUT2D eigenvalue weighted by molar-refractivity contribution is 6.03. The van der Waals surface area contributed by atoms with Crippen molar-refractivity contribution in [1.82, 2.24) is 29.9 Å². The summed E-state index contributed by atoms with van der Waals surface area (Å²) < 4.78 is 0. The number of fused-ring (bicyclic) bond motifs is 5. The molecule has 9 aromatic rings. The molecule has 0 N–H and O–H groups in total. The zero-order valence-corrected chi connectivity index (χ0v) is 24.5. The molecule has 46 heavy (non-hydrogen) atoms. The van der Waals surface area contributed by atoms with Gasteiger partial charge in [-0.25, -0.2) is 24.9 Å². The molecule has 0 aliphatic carbocycles. The maximum Gasteiger partial charge on any atom is 0.178 e. The topological polar surface area (TPSA) is 77.3 Å². The highest BCUT2D eigenvalue weighted by Gasteiger charge is 2.10. The quantitative estimate of drug-likeness (QED) is 0.191. The van der Waals surface area contributed by atoms with Gasteiger partial charge in [0.1, 0.15) is 5.69 Å². The van der Waals surface area contributed by atoms with Gasteiger partial charge in [-0.15, -0.1) is 0 Å². The van der Waals surface area contributed by atoms with Gasteiger partial charge in [0, 0.05) is 51.3 Å². The van der Waals surface area contributed by atoms with E-state index in [-0.39, 0.29) is 0 Å². The Bertz CT molecular complexity index is 2580. The summed E-state index contributed by atoms with van der Waals surface area (Å²) in [4.78, 5) is 28.1. The number of hydrogen-bond donors (Lipinski definition) is 0. The van der Waals surface area contributed by atoms with Gasteiger partial charge in [0.05, 0.1) is 33.5 Å². The van der Waals surface area contributed by atoms with E-state index in [4.69, 9.17) is 15.0 Å². The Morgan fingerprint density at radius 3 is 1.72 bits per heavy atom. The van der Waals surface area contributed by atoms with Crippen LogP contribution < -0.4 is 0 Å². The summed E-state index contributed by atoms with van der Waals surface area (Å²) in [5, 5.41) is 4.33. The predicted molar refractivity (Wildman–Crippen MR) is 185 cm³/mol. The largest absolute Gasteiger partial charge is 0.254 e. The average Bonchev–Trinajstić information content (AvgIpc) is 3.14. The standard InChI is InChI=1S/C40H24N6/c1-3-28-9-10-29-13-16-34(46-39(29)38(28)41-20-1)26-6-4-25(5-7-26)33-18-15-32-23-30(14-17-35(32)44-33)31-11-8-27-12-19-36(45-37(27)24-31)40-42-21-2-22-43-40/h1-24H. The first-order valence-electron chi connectivity index (χ1n) is 15.1. The third-order valence-electron chi connectivity index (χ3n) is 8.42. The molecule has 0 amide bonds. The molecular weight excluding hydrogens is 564 g/mol. The molecule has 9 rings (SSSR count). The van der Waals surface area contributed by atoms with E-state index in [0.717, 1.165) is 82.9 Å². The van der Waals surface area contributed by atoms with Crippen LogP contribution in [-0.2, 0) is 0 Å². The summed E-state index contributed by atoms with van der Waals surface area (Å²) in [5.41, 5.74) is 10.6. The van der Waals surface area contributed by atoms with E-state index >= 15 is 0 Å². The van der Waals surface area contributed by atoms with E-state index in [1.807, 2.05) is 18.3 Å². The van der Waals surface area contributed by atoms with Crippen molar-refractivity contribution >= 4 is 43.6 Å². The summed E-state index contributed by atoms with van der Waals surface area (Å²) in [5.74, 6) is 0.619. The maximum atomic E-state index is 5.00. The Balaban J connectivity index is 1.01. The van der Waals surface area contributed by atoms with E-state index in [9.17, 15) is 0 Å². The van der Waals surface area contributed by atoms with E-state index in [0.29, 0.717) is 5.82 Å². The minimum atomic E-state index is 0.619. The summed E-state index contributed by atoms with van der Waals surface area (Å²) in [6, 6.07) is 43.7. The normalized spacial score (nSPS) is 11.5. The van der Waals surface area contributed by atoms with Gasteiger partial charge in [-0.3, -0.25) is 4.98 Å². The molecule has 0 bridgehead atoms. The molecule has 0 saturated heterocycles. The van der Waals surface area contributed by atoms with Gasteiger partial charge in [-0.1, -0.05) is 78.9 Å². The van der Waals surface area contributed by atoms with Crippen LogP contribution in [0.2, 0.25) is 0 Å². The van der Waals surface area contributed by atoms with Crippen LogP contribution in [0.15, 0.2) is 146 Å². The fourth-order valence-corrected chi connectivity index (χ4v) is 6.01. The van der Waals surface area contributed by atoms with Crippen molar-refractivity contribution in [3.63, 3.8) is 0 Å². The molecule has 0 aliphatic heterocycles. The smallest absolute Gasteiger partial charge is 0.178 e. The number of hydrogen-bond acceptors (Lipinski definition) is 6. The van der Waals surface area contributed by atoms with Crippen LogP contribution in [0.4, 0.5) is 0 Å². The molecule has 0 aliphatic rings. The maximum absolute atomic E-state index is 5.00. The minimum Gasteiger partial charge on any atom is -0.254 e. The van der Waals surface area contributed by atoms with Crippen LogP contribution in [0.3, 0.4) is 0 Å². The van der Waals surface area contributed by atoms with Crippen molar-refractivity contribution in [3.8, 4) is 45.2 Å². The van der Waals surface area contributed by atoms with Crippen LogP contribution in [0, 0.1) is 0 Å². The van der Waals surface area contributed by atoms with E-state index in [1.165, 1.54) is 0 Å². The third kappa shape index (κ3) is 4.60. The van der Waals surface area contributed by atoms with Crippen molar-refractivity contribution in [2.45, 2.75) is 0 Å². The van der Waals surface area contributed by atoms with E-state index < -0.39 is 0 Å². The third-order valence-corrected chi connectivity index (χ3v) is 8.42. The number of nitrogens with zero attached hydrogens (tertiary/aromatic N) is 6. The average molecular weight is 589 g/mol. The lowest BCUT2D eigenvalue weighted by Crippen LogP contribution is -1.91. The lowest BCUT2D eigenvalue weighted by Gasteiger charge is -2.09. The van der Waals surface area contributed by atoms with Gasteiger partial charge in [0.25, 0.3) is 0 Å². The summed E-state index contributed by atoms with van der Waals surface area (Å²) in [6.07, 6.45) is 5.29. The summed E-state index contributed by atoms with van der Waals surface area (Å²) in [7, 11) is 0. The molecule has 0 radical (unpaired) electrons. The summed E-state index contributed by atoms with van der Waals surface area (Å²) >= 11 is 0. The lowest BCUT2D eigenvalue weighted by molar-refractivity contribution is 1.15. The zero-order chi connectivity index (χ0) is 30.5. The summed E-state index contributed by atoms with van der Waals surface area (Å²) in [6.45, 7) is 0. The van der Waals surface area contributed by atoms with Crippen molar-refractivity contribution in [2.75, 3.05) is 0 Å². The zero-order valence-electron chi connectivity index (χ0n) is 24.5. The molecule has 5 heterocycles. The second-order valence-electron chi connectivity index (χ2n) is 11.3. The fraction of sp³-hybridized carbons (Fsp3) is 0. The number of aromatic nitrogens is 6. The first-order chi connectivity index (χ1) is 22.7. The number of benzene rings is 4. The van der Waals surface area contributed by atoms with Gasteiger partial charge in [0.15, 0.2) is 5.82 Å². The van der Waals surface area contributed by atoms with Crippen LogP contribution in [0.25, 0.3) is 88.8 Å². The number of rotatable bonds is 4. The first-order valence-corrected chi connectivity index (χ1v) is 15.1. The molecule has 0 atom stereocenters. The Kier molecular flexibility index (Phi) is 6.03. The first kappa shape index (κ1) is 26.0. The van der Waals surface area contributed by atoms with Crippen LogP contribution in [-0.4, -0.2) is 29.9 Å². The number of pyridine rings is 4. The van der Waals surface area contributed by atoms with Crippen molar-refractivity contribution in [1.29, 1.82) is 0 Å². The van der Waals surface area contributed by atoms with Crippen LogP contribution >= 0.6 is 0 Å². The Morgan fingerprint density at radius 1 is 0.326 bits per heavy atom. The molecular formula is C40H24N6. The van der Waals surface area contributed by atoms with Gasteiger partial charge >= 0.3 is 0 Å². The lowest BCUT2D eigenvalue weighted by atomic mass is 10.0. The van der Waals surface area contributed by atoms with E-state index in [1.54, 1.807) is 18.5 Å². The molecule has 5 aromatic heterocycles. The Morgan fingerprint density at radius 2 is 0.891 bits per heavy atom. The van der Waals surface area contributed by atoms with Gasteiger partial charge in [-0.2, -0.15) is 0 Å². The van der Waals surface area contributed by atoms with E-state index in [2.05, 4.69) is 124 Å². The van der Waals surface area contributed by atoms with Crippen LogP contribution in [0.1, 0.15) is 0 Å². The highest BCUT2D eigenvalue weighted by atomic mass is 14.9. The van der Waals surface area contributed by atoms with Crippen molar-refractivity contribution < 1.29 is 0 Å². The van der Waals surface area contributed by atoms with Crippen molar-refractivity contribution in [3.05, 3.63) is 146 Å². The van der Waals surface area contributed by atoms with Gasteiger partial charge in [-0.05, 0) is 59.7 Å². The predicted octanol–water partition coefficient (Wildman–Crippen LogP) is 9.34. The highest BCUT2D eigenvalue weighted by Crippen LogP contribution is 2.31. The SMILES string of the molecule is c1cnc(-c2ccc3ccc(-c4ccc5nc(-c6ccc(-c7ccc8ccc9cccnc9c8n7)cc6)ccc5c4)cc3n2)nc1. The Hall–Kier alpha value is -6.40. The Labute approximate surface area is 264 Å².